The minimum Gasteiger partial charge on any atom is -0.391 e. The molecule has 1 heterocycles. The van der Waals surface area contributed by atoms with Gasteiger partial charge in [-0.05, 0) is 19.3 Å². The molecule has 1 aliphatic carbocycles. The lowest BCUT2D eigenvalue weighted by Crippen LogP contribution is -2.53. The quantitative estimate of drug-likeness (QED) is 0.528. The molecule has 0 aromatic heterocycles. The van der Waals surface area contributed by atoms with Crippen LogP contribution in [0.15, 0.2) is 0 Å². The SMILES string of the molecule is O=C(NC1CCCC1O)C1CNC1. The topological polar surface area (TPSA) is 61.4 Å². The summed E-state index contributed by atoms with van der Waals surface area (Å²) >= 11 is 0. The van der Waals surface area contributed by atoms with Crippen LogP contribution in [0.2, 0.25) is 0 Å². The molecule has 1 amide bonds. The molecule has 1 saturated carbocycles. The third kappa shape index (κ3) is 1.84. The summed E-state index contributed by atoms with van der Waals surface area (Å²) in [5, 5.41) is 15.4. The molecule has 3 N–H and O–H groups in total. The highest BCUT2D eigenvalue weighted by atomic mass is 16.3. The van der Waals surface area contributed by atoms with Gasteiger partial charge in [0, 0.05) is 13.1 Å². The van der Waals surface area contributed by atoms with Crippen molar-refractivity contribution in [2.24, 2.45) is 5.92 Å². The highest BCUT2D eigenvalue weighted by molar-refractivity contribution is 5.80. The van der Waals surface area contributed by atoms with Crippen LogP contribution in [0.4, 0.5) is 0 Å². The molecule has 2 fully saturated rings. The van der Waals surface area contributed by atoms with E-state index in [0.29, 0.717) is 0 Å². The third-order valence-corrected chi connectivity index (χ3v) is 2.96. The standard InChI is InChI=1S/C9H16N2O2/c12-8-3-1-2-7(8)11-9(13)6-4-10-5-6/h6-8,10,12H,1-5H2,(H,11,13). The summed E-state index contributed by atoms with van der Waals surface area (Å²) in [4.78, 5) is 11.5. The van der Waals surface area contributed by atoms with Crippen molar-refractivity contribution in [3.63, 3.8) is 0 Å². The molecule has 4 nitrogen and oxygen atoms in total. The molecule has 0 bridgehead atoms. The average molecular weight is 184 g/mol. The van der Waals surface area contributed by atoms with Crippen LogP contribution >= 0.6 is 0 Å². The van der Waals surface area contributed by atoms with E-state index < -0.39 is 0 Å². The molecule has 0 aromatic carbocycles. The normalized spacial score (nSPS) is 34.2. The van der Waals surface area contributed by atoms with E-state index in [1.54, 1.807) is 0 Å². The summed E-state index contributed by atoms with van der Waals surface area (Å²) in [6.07, 6.45) is 2.45. The van der Waals surface area contributed by atoms with Crippen LogP contribution in [-0.4, -0.2) is 36.2 Å². The molecule has 2 unspecified atom stereocenters. The maximum atomic E-state index is 11.5. The summed E-state index contributed by atoms with van der Waals surface area (Å²) in [5.74, 6) is 0.234. The van der Waals surface area contributed by atoms with Gasteiger partial charge in [-0.3, -0.25) is 4.79 Å². The van der Waals surface area contributed by atoms with Gasteiger partial charge in [0.2, 0.25) is 5.91 Å². The van der Waals surface area contributed by atoms with E-state index in [9.17, 15) is 9.90 Å². The molecule has 1 aliphatic heterocycles. The van der Waals surface area contributed by atoms with Crippen LogP contribution in [0.5, 0.6) is 0 Å². The van der Waals surface area contributed by atoms with Crippen molar-refractivity contribution in [3.05, 3.63) is 0 Å². The van der Waals surface area contributed by atoms with Crippen LogP contribution in [0.25, 0.3) is 0 Å². The molecule has 0 radical (unpaired) electrons. The maximum absolute atomic E-state index is 11.5. The average Bonchev–Trinajstić information content (AvgIpc) is 2.32. The Kier molecular flexibility index (Phi) is 2.51. The number of amides is 1. The molecule has 0 aromatic rings. The van der Waals surface area contributed by atoms with Crippen LogP contribution in [0.1, 0.15) is 19.3 Å². The smallest absolute Gasteiger partial charge is 0.225 e. The zero-order valence-corrected chi connectivity index (χ0v) is 7.62. The predicted molar refractivity (Wildman–Crippen MR) is 48.1 cm³/mol. The van der Waals surface area contributed by atoms with Crippen molar-refractivity contribution in [2.45, 2.75) is 31.4 Å². The fraction of sp³-hybridized carbons (Fsp3) is 0.889. The van der Waals surface area contributed by atoms with Crippen molar-refractivity contribution in [1.29, 1.82) is 0 Å². The first kappa shape index (κ1) is 8.97. The van der Waals surface area contributed by atoms with Crippen molar-refractivity contribution >= 4 is 5.91 Å². The van der Waals surface area contributed by atoms with E-state index in [0.717, 1.165) is 32.4 Å². The number of hydrogen-bond donors (Lipinski definition) is 3. The van der Waals surface area contributed by atoms with E-state index >= 15 is 0 Å². The summed E-state index contributed by atoms with van der Waals surface area (Å²) in [6, 6.07) is 0.00750. The molecule has 13 heavy (non-hydrogen) atoms. The van der Waals surface area contributed by atoms with E-state index in [2.05, 4.69) is 10.6 Å². The number of carbonyl (C=O) groups is 1. The first-order chi connectivity index (χ1) is 6.27. The summed E-state index contributed by atoms with van der Waals surface area (Å²) in [6.45, 7) is 1.57. The molecule has 2 atom stereocenters. The summed E-state index contributed by atoms with van der Waals surface area (Å²) in [7, 11) is 0. The summed E-state index contributed by atoms with van der Waals surface area (Å²) < 4.78 is 0. The van der Waals surface area contributed by atoms with Gasteiger partial charge in [0.25, 0.3) is 0 Å². The van der Waals surface area contributed by atoms with Gasteiger partial charge in [0.15, 0.2) is 0 Å². The molecule has 4 heteroatoms. The second-order valence-electron chi connectivity index (χ2n) is 3.97. The van der Waals surface area contributed by atoms with Crippen molar-refractivity contribution < 1.29 is 9.90 Å². The molecule has 1 saturated heterocycles. The number of rotatable bonds is 2. The Hall–Kier alpha value is -0.610. The number of aliphatic hydroxyl groups excluding tert-OH is 1. The van der Waals surface area contributed by atoms with Gasteiger partial charge in [-0.25, -0.2) is 0 Å². The number of hydrogen-bond acceptors (Lipinski definition) is 3. The van der Waals surface area contributed by atoms with Gasteiger partial charge < -0.3 is 15.7 Å². The Morgan fingerprint density at radius 3 is 2.62 bits per heavy atom. The van der Waals surface area contributed by atoms with E-state index in [1.165, 1.54) is 0 Å². The van der Waals surface area contributed by atoms with Gasteiger partial charge >= 0.3 is 0 Å². The second-order valence-corrected chi connectivity index (χ2v) is 3.97. The number of carbonyl (C=O) groups excluding carboxylic acids is 1. The van der Waals surface area contributed by atoms with Crippen molar-refractivity contribution in [1.82, 2.24) is 10.6 Å². The van der Waals surface area contributed by atoms with Crippen molar-refractivity contribution in [2.75, 3.05) is 13.1 Å². The van der Waals surface area contributed by atoms with Crippen LogP contribution in [0.3, 0.4) is 0 Å². The lowest BCUT2D eigenvalue weighted by atomic mass is 10.0. The monoisotopic (exact) mass is 184 g/mol. The number of nitrogens with one attached hydrogen (secondary N) is 2. The molecule has 2 rings (SSSR count). The molecule has 2 aliphatic rings. The number of aliphatic hydroxyl groups is 1. The van der Waals surface area contributed by atoms with Crippen LogP contribution in [-0.2, 0) is 4.79 Å². The van der Waals surface area contributed by atoms with E-state index in [4.69, 9.17) is 0 Å². The predicted octanol–water partition coefficient (Wildman–Crippen LogP) is -0.765. The molecular weight excluding hydrogens is 168 g/mol. The van der Waals surface area contributed by atoms with Crippen LogP contribution < -0.4 is 10.6 Å². The first-order valence-corrected chi connectivity index (χ1v) is 4.96. The lowest BCUT2D eigenvalue weighted by Gasteiger charge is -2.28. The third-order valence-electron chi connectivity index (χ3n) is 2.96. The highest BCUT2D eigenvalue weighted by Gasteiger charge is 2.31. The Labute approximate surface area is 77.7 Å². The van der Waals surface area contributed by atoms with Crippen molar-refractivity contribution in [3.8, 4) is 0 Å². The minimum absolute atomic E-state index is 0.00750. The zero-order valence-electron chi connectivity index (χ0n) is 7.62. The van der Waals surface area contributed by atoms with Gasteiger partial charge in [0.05, 0.1) is 18.1 Å². The Balaban J connectivity index is 1.79. The second kappa shape index (κ2) is 3.64. The first-order valence-electron chi connectivity index (χ1n) is 4.96. The highest BCUT2D eigenvalue weighted by Crippen LogP contribution is 2.19. The fourth-order valence-corrected chi connectivity index (χ4v) is 1.88. The zero-order chi connectivity index (χ0) is 9.26. The molecule has 0 spiro atoms. The van der Waals surface area contributed by atoms with Gasteiger partial charge in [-0.2, -0.15) is 0 Å². The molecular formula is C9H16N2O2. The minimum atomic E-state index is -0.322. The summed E-state index contributed by atoms with van der Waals surface area (Å²) in [5.41, 5.74) is 0. The Bertz CT molecular complexity index is 204. The van der Waals surface area contributed by atoms with Crippen LogP contribution in [0, 0.1) is 5.92 Å². The van der Waals surface area contributed by atoms with Gasteiger partial charge in [-0.15, -0.1) is 0 Å². The lowest BCUT2D eigenvalue weighted by molar-refractivity contribution is -0.127. The van der Waals surface area contributed by atoms with Gasteiger partial charge in [0.1, 0.15) is 0 Å². The van der Waals surface area contributed by atoms with E-state index in [-0.39, 0.29) is 24.0 Å². The van der Waals surface area contributed by atoms with E-state index in [1.807, 2.05) is 0 Å². The Morgan fingerprint density at radius 1 is 1.38 bits per heavy atom. The van der Waals surface area contributed by atoms with Gasteiger partial charge in [-0.1, -0.05) is 0 Å². The fourth-order valence-electron chi connectivity index (χ4n) is 1.88. The Morgan fingerprint density at radius 2 is 2.15 bits per heavy atom. The largest absolute Gasteiger partial charge is 0.391 e. The maximum Gasteiger partial charge on any atom is 0.225 e. The molecule has 74 valence electrons.